The summed E-state index contributed by atoms with van der Waals surface area (Å²) in [4.78, 5) is 36.6. The van der Waals surface area contributed by atoms with Crippen LogP contribution in [0.2, 0.25) is 0 Å². The molecule has 1 atom stereocenters. The van der Waals surface area contributed by atoms with E-state index in [9.17, 15) is 19.5 Å². The second kappa shape index (κ2) is 9.34. The van der Waals surface area contributed by atoms with Crippen molar-refractivity contribution in [1.29, 1.82) is 5.26 Å². The van der Waals surface area contributed by atoms with E-state index >= 15 is 0 Å². The molecule has 3 aromatic carbocycles. The quantitative estimate of drug-likeness (QED) is 0.526. The van der Waals surface area contributed by atoms with Crippen LogP contribution >= 0.6 is 0 Å². The first-order valence-corrected chi connectivity index (χ1v) is 9.25. The van der Waals surface area contributed by atoms with E-state index in [2.05, 4.69) is 10.6 Å². The highest BCUT2D eigenvalue weighted by Gasteiger charge is 2.23. The van der Waals surface area contributed by atoms with Gasteiger partial charge >= 0.3 is 5.97 Å². The van der Waals surface area contributed by atoms with Crippen LogP contribution in [0.5, 0.6) is 0 Å². The summed E-state index contributed by atoms with van der Waals surface area (Å²) in [6.07, 6.45) is 0. The maximum atomic E-state index is 12.7. The first kappa shape index (κ1) is 20.6. The van der Waals surface area contributed by atoms with Crippen molar-refractivity contribution in [3.8, 4) is 6.07 Å². The van der Waals surface area contributed by atoms with Gasteiger partial charge in [-0.25, -0.2) is 4.79 Å². The molecule has 7 nitrogen and oxygen atoms in total. The second-order valence-corrected chi connectivity index (χ2v) is 6.60. The van der Waals surface area contributed by atoms with Gasteiger partial charge in [-0.1, -0.05) is 54.6 Å². The van der Waals surface area contributed by atoms with Gasteiger partial charge in [-0.15, -0.1) is 0 Å². The minimum atomic E-state index is -1.21. The summed E-state index contributed by atoms with van der Waals surface area (Å²) in [6.45, 7) is -0.207. The Morgan fingerprint density at radius 2 is 1.57 bits per heavy atom. The number of rotatable bonds is 7. The number of amides is 2. The number of carbonyl (C=O) groups excluding carboxylic acids is 2. The molecule has 0 aromatic heterocycles. The van der Waals surface area contributed by atoms with E-state index in [0.717, 1.165) is 10.8 Å². The van der Waals surface area contributed by atoms with Crippen LogP contribution in [0.4, 0.5) is 0 Å². The highest BCUT2D eigenvalue weighted by molar-refractivity contribution is 6.05. The number of fused-ring (bicyclic) bond motifs is 1. The van der Waals surface area contributed by atoms with E-state index in [1.807, 2.05) is 42.5 Å². The number of carboxylic acid groups (broad SMARTS) is 1. The lowest BCUT2D eigenvalue weighted by atomic mass is 9.95. The number of nitrogens with zero attached hydrogens (tertiary/aromatic N) is 1. The molecule has 1 unspecified atom stereocenters. The van der Waals surface area contributed by atoms with Crippen molar-refractivity contribution in [3.05, 3.63) is 83.4 Å². The van der Waals surface area contributed by atoms with Crippen LogP contribution in [0.1, 0.15) is 32.2 Å². The third kappa shape index (κ3) is 4.62. The third-order valence-electron chi connectivity index (χ3n) is 4.70. The van der Waals surface area contributed by atoms with Crippen molar-refractivity contribution >= 4 is 28.6 Å². The molecule has 2 amide bonds. The molecule has 0 heterocycles. The Morgan fingerprint density at radius 1 is 0.900 bits per heavy atom. The molecule has 3 N–H and O–H groups in total. The topological polar surface area (TPSA) is 119 Å². The number of nitrogens with one attached hydrogen (secondary N) is 2. The van der Waals surface area contributed by atoms with Crippen molar-refractivity contribution in [2.24, 2.45) is 0 Å². The summed E-state index contributed by atoms with van der Waals surface area (Å²) in [5.41, 5.74) is 0.571. The SMILES string of the molecule is N#CCNC(=O)C(CNC(=O)c1ccccc1C(=O)O)c1ccc2ccccc2c1. The first-order chi connectivity index (χ1) is 14.5. The van der Waals surface area contributed by atoms with Gasteiger partial charge in [-0.3, -0.25) is 9.59 Å². The average Bonchev–Trinajstić information content (AvgIpc) is 2.77. The highest BCUT2D eigenvalue weighted by atomic mass is 16.4. The Hall–Kier alpha value is -4.18. The Balaban J connectivity index is 1.86. The lowest BCUT2D eigenvalue weighted by Crippen LogP contribution is -2.38. The molecule has 0 saturated carbocycles. The zero-order valence-electron chi connectivity index (χ0n) is 16.0. The monoisotopic (exact) mass is 401 g/mol. The molecule has 0 aliphatic carbocycles. The maximum Gasteiger partial charge on any atom is 0.336 e. The highest BCUT2D eigenvalue weighted by Crippen LogP contribution is 2.22. The average molecular weight is 401 g/mol. The molecule has 0 fully saturated rings. The molecule has 7 heteroatoms. The van der Waals surface area contributed by atoms with E-state index in [-0.39, 0.29) is 24.2 Å². The lowest BCUT2D eigenvalue weighted by Gasteiger charge is -2.18. The van der Waals surface area contributed by atoms with Crippen molar-refractivity contribution in [3.63, 3.8) is 0 Å². The molecule has 150 valence electrons. The zero-order chi connectivity index (χ0) is 21.5. The largest absolute Gasteiger partial charge is 0.478 e. The molecule has 0 aliphatic rings. The number of aromatic carboxylic acids is 1. The minimum absolute atomic E-state index is 0.0136. The first-order valence-electron chi connectivity index (χ1n) is 9.25. The van der Waals surface area contributed by atoms with Crippen LogP contribution < -0.4 is 10.6 Å². The minimum Gasteiger partial charge on any atom is -0.478 e. The normalized spacial score (nSPS) is 11.3. The Kier molecular flexibility index (Phi) is 6.40. The summed E-state index contributed by atoms with van der Waals surface area (Å²) < 4.78 is 0. The van der Waals surface area contributed by atoms with Crippen molar-refractivity contribution in [1.82, 2.24) is 10.6 Å². The van der Waals surface area contributed by atoms with Crippen LogP contribution in [0.15, 0.2) is 66.7 Å². The van der Waals surface area contributed by atoms with Crippen molar-refractivity contribution in [2.45, 2.75) is 5.92 Å². The fourth-order valence-corrected chi connectivity index (χ4v) is 3.19. The zero-order valence-corrected chi connectivity index (χ0v) is 16.0. The molecule has 0 bridgehead atoms. The summed E-state index contributed by atoms with van der Waals surface area (Å²) in [7, 11) is 0. The predicted molar refractivity (Wildman–Crippen MR) is 111 cm³/mol. The van der Waals surface area contributed by atoms with Crippen LogP contribution in [-0.4, -0.2) is 36.0 Å². The Labute approximate surface area is 172 Å². The van der Waals surface area contributed by atoms with Gasteiger partial charge in [0.25, 0.3) is 5.91 Å². The fraction of sp³-hybridized carbons (Fsp3) is 0.130. The maximum absolute atomic E-state index is 12.7. The van der Waals surface area contributed by atoms with Gasteiger partial charge in [-0.05, 0) is 28.5 Å². The van der Waals surface area contributed by atoms with Gasteiger partial charge in [0.05, 0.1) is 23.1 Å². The number of carboxylic acids is 1. The van der Waals surface area contributed by atoms with Gasteiger partial charge in [0.15, 0.2) is 0 Å². The molecule has 3 aromatic rings. The number of hydrogen-bond donors (Lipinski definition) is 3. The van der Waals surface area contributed by atoms with E-state index in [0.29, 0.717) is 5.56 Å². The molecular formula is C23H19N3O4. The standard InChI is InChI=1S/C23H19N3O4/c24-11-12-25-22(28)20(17-10-9-15-5-1-2-6-16(15)13-17)14-26-21(27)18-7-3-4-8-19(18)23(29)30/h1-10,13,20H,12,14H2,(H,25,28)(H,26,27)(H,29,30). The van der Waals surface area contributed by atoms with Crippen LogP contribution in [0.3, 0.4) is 0 Å². The van der Waals surface area contributed by atoms with E-state index in [4.69, 9.17) is 5.26 Å². The summed E-state index contributed by atoms with van der Waals surface area (Å²) in [6, 6.07) is 21.0. The number of carbonyl (C=O) groups is 3. The molecule has 0 saturated heterocycles. The van der Waals surface area contributed by atoms with E-state index in [1.165, 1.54) is 18.2 Å². The molecule has 0 radical (unpaired) electrons. The molecule has 30 heavy (non-hydrogen) atoms. The smallest absolute Gasteiger partial charge is 0.336 e. The van der Waals surface area contributed by atoms with Crippen LogP contribution in [-0.2, 0) is 4.79 Å². The van der Waals surface area contributed by atoms with Gasteiger partial charge in [-0.2, -0.15) is 5.26 Å². The van der Waals surface area contributed by atoms with Crippen molar-refractivity contribution in [2.75, 3.05) is 13.1 Å². The number of hydrogen-bond acceptors (Lipinski definition) is 4. The van der Waals surface area contributed by atoms with E-state index < -0.39 is 23.7 Å². The number of benzene rings is 3. The summed E-state index contributed by atoms with van der Waals surface area (Å²) in [5, 5.41) is 25.2. The Morgan fingerprint density at radius 3 is 2.27 bits per heavy atom. The van der Waals surface area contributed by atoms with E-state index in [1.54, 1.807) is 12.1 Å². The molecule has 3 rings (SSSR count). The Bertz CT molecular complexity index is 1150. The van der Waals surface area contributed by atoms with Crippen molar-refractivity contribution < 1.29 is 19.5 Å². The van der Waals surface area contributed by atoms with Crippen LogP contribution in [0, 0.1) is 11.3 Å². The van der Waals surface area contributed by atoms with Gasteiger partial charge < -0.3 is 15.7 Å². The van der Waals surface area contributed by atoms with Gasteiger partial charge in [0, 0.05) is 6.54 Å². The van der Waals surface area contributed by atoms with Gasteiger partial charge in [0.1, 0.15) is 6.54 Å². The number of nitriles is 1. The second-order valence-electron chi connectivity index (χ2n) is 6.60. The lowest BCUT2D eigenvalue weighted by molar-refractivity contribution is -0.122. The third-order valence-corrected chi connectivity index (χ3v) is 4.70. The molecular weight excluding hydrogens is 382 g/mol. The molecule has 0 aliphatic heterocycles. The van der Waals surface area contributed by atoms with Crippen LogP contribution in [0.25, 0.3) is 10.8 Å². The summed E-state index contributed by atoms with van der Waals surface area (Å²) >= 11 is 0. The summed E-state index contributed by atoms with van der Waals surface area (Å²) in [5.74, 6) is -2.95. The van der Waals surface area contributed by atoms with Gasteiger partial charge in [0.2, 0.25) is 5.91 Å². The predicted octanol–water partition coefficient (Wildman–Crippen LogP) is 2.69. The molecule has 0 spiro atoms. The fourth-order valence-electron chi connectivity index (χ4n) is 3.19.